The van der Waals surface area contributed by atoms with Gasteiger partial charge in [0.1, 0.15) is 0 Å². The fraction of sp³-hybridized carbons (Fsp3) is 0.455. The fourth-order valence-corrected chi connectivity index (χ4v) is 5.05. The maximum atomic E-state index is 12.3. The highest BCUT2D eigenvalue weighted by molar-refractivity contribution is 7.90. The second-order valence-electron chi connectivity index (χ2n) is 7.78. The van der Waals surface area contributed by atoms with Gasteiger partial charge in [0.25, 0.3) is 10.2 Å². The Morgan fingerprint density at radius 2 is 1.80 bits per heavy atom. The zero-order valence-corrected chi connectivity index (χ0v) is 18.6. The van der Waals surface area contributed by atoms with E-state index in [1.165, 1.54) is 6.42 Å². The second-order valence-corrected chi connectivity index (χ2v) is 9.66. The van der Waals surface area contributed by atoms with E-state index in [1.807, 2.05) is 24.3 Å². The molecule has 0 radical (unpaired) electrons. The minimum Gasteiger partial charge on any atom is -0.387 e. The maximum absolute atomic E-state index is 12.3. The van der Waals surface area contributed by atoms with Crippen molar-refractivity contribution in [3.05, 3.63) is 64.7 Å². The van der Waals surface area contributed by atoms with Gasteiger partial charge in [0.15, 0.2) is 0 Å². The van der Waals surface area contributed by atoms with Crippen LogP contribution in [0.3, 0.4) is 0 Å². The predicted octanol–water partition coefficient (Wildman–Crippen LogP) is 3.78. The molecule has 8 heteroatoms. The molecule has 1 saturated carbocycles. The van der Waals surface area contributed by atoms with E-state index in [9.17, 15) is 13.5 Å². The molecular formula is C22H30ClN3O3S. The minimum absolute atomic E-state index is 0.0314. The molecule has 1 atom stereocenters. The summed E-state index contributed by atoms with van der Waals surface area (Å²) < 4.78 is 29.9. The molecule has 4 N–H and O–H groups in total. The van der Waals surface area contributed by atoms with Crippen LogP contribution in [0.1, 0.15) is 49.3 Å². The van der Waals surface area contributed by atoms with Crippen molar-refractivity contribution in [1.29, 1.82) is 0 Å². The van der Waals surface area contributed by atoms with Crippen LogP contribution in [0.2, 0.25) is 5.02 Å². The third-order valence-electron chi connectivity index (χ3n) is 5.29. The average Bonchev–Trinajstić information content (AvgIpc) is 2.72. The topological polar surface area (TPSA) is 90.5 Å². The van der Waals surface area contributed by atoms with E-state index in [0.717, 1.165) is 43.2 Å². The van der Waals surface area contributed by atoms with Crippen molar-refractivity contribution in [1.82, 2.24) is 10.0 Å². The van der Waals surface area contributed by atoms with Gasteiger partial charge in [-0.2, -0.15) is 13.1 Å². The van der Waals surface area contributed by atoms with E-state index in [1.54, 1.807) is 24.3 Å². The Morgan fingerprint density at radius 3 is 2.50 bits per heavy atom. The molecule has 164 valence electrons. The molecule has 1 aliphatic rings. The van der Waals surface area contributed by atoms with Crippen molar-refractivity contribution in [2.75, 3.05) is 17.8 Å². The Hall–Kier alpha value is -1.64. The molecular weight excluding hydrogens is 422 g/mol. The second kappa shape index (κ2) is 11.1. The van der Waals surface area contributed by atoms with Gasteiger partial charge in [-0.25, -0.2) is 0 Å². The number of rotatable bonds is 10. The van der Waals surface area contributed by atoms with E-state index in [-0.39, 0.29) is 6.04 Å². The van der Waals surface area contributed by atoms with Crippen LogP contribution in [0, 0.1) is 0 Å². The van der Waals surface area contributed by atoms with E-state index >= 15 is 0 Å². The van der Waals surface area contributed by atoms with E-state index in [2.05, 4.69) is 14.8 Å². The first-order chi connectivity index (χ1) is 14.4. The van der Waals surface area contributed by atoms with Gasteiger partial charge in [-0.1, -0.05) is 55.1 Å². The van der Waals surface area contributed by atoms with Crippen LogP contribution in [0.25, 0.3) is 0 Å². The molecule has 3 rings (SSSR count). The zero-order valence-electron chi connectivity index (χ0n) is 17.0. The zero-order chi connectivity index (χ0) is 21.4. The number of hydrogen-bond donors (Lipinski definition) is 4. The van der Waals surface area contributed by atoms with Crippen LogP contribution >= 0.6 is 11.6 Å². The van der Waals surface area contributed by atoms with Gasteiger partial charge in [-0.05, 0) is 61.2 Å². The fourth-order valence-electron chi connectivity index (χ4n) is 3.67. The molecule has 0 aromatic heterocycles. The number of aliphatic hydroxyl groups excluding tert-OH is 1. The summed E-state index contributed by atoms with van der Waals surface area (Å²) in [6.45, 7) is 1.14. The van der Waals surface area contributed by atoms with Crippen LogP contribution in [0.15, 0.2) is 48.5 Å². The lowest BCUT2D eigenvalue weighted by molar-refractivity contribution is 0.175. The molecule has 2 aromatic rings. The highest BCUT2D eigenvalue weighted by Crippen LogP contribution is 2.19. The van der Waals surface area contributed by atoms with E-state index < -0.39 is 16.3 Å². The molecule has 0 amide bonds. The molecule has 30 heavy (non-hydrogen) atoms. The van der Waals surface area contributed by atoms with Gasteiger partial charge in [0.2, 0.25) is 0 Å². The van der Waals surface area contributed by atoms with Crippen molar-refractivity contribution in [3.8, 4) is 0 Å². The van der Waals surface area contributed by atoms with Crippen molar-refractivity contribution in [3.63, 3.8) is 0 Å². The Kier molecular flexibility index (Phi) is 8.53. The molecule has 1 aliphatic carbocycles. The summed E-state index contributed by atoms with van der Waals surface area (Å²) in [5.41, 5.74) is 2.42. The Morgan fingerprint density at radius 1 is 1.07 bits per heavy atom. The maximum Gasteiger partial charge on any atom is 0.299 e. The summed E-state index contributed by atoms with van der Waals surface area (Å²) in [4.78, 5) is 0. The predicted molar refractivity (Wildman–Crippen MR) is 122 cm³/mol. The molecule has 0 spiro atoms. The molecule has 0 bridgehead atoms. The lowest BCUT2D eigenvalue weighted by Crippen LogP contribution is -2.39. The summed E-state index contributed by atoms with van der Waals surface area (Å²) in [5.74, 6) is 0. The SMILES string of the molecule is O=S(=O)(Nc1ccc(CCNCC(O)c2cccc(Cl)c2)cc1)NC1CCCCC1. The van der Waals surface area contributed by atoms with Crippen LogP contribution < -0.4 is 14.8 Å². The molecule has 2 aromatic carbocycles. The van der Waals surface area contributed by atoms with Gasteiger partial charge in [-0.15, -0.1) is 0 Å². The number of nitrogens with one attached hydrogen (secondary N) is 3. The minimum atomic E-state index is -3.56. The normalized spacial score (nSPS) is 16.3. The highest BCUT2D eigenvalue weighted by Gasteiger charge is 2.19. The van der Waals surface area contributed by atoms with Crippen LogP contribution in [-0.2, 0) is 16.6 Å². The molecule has 1 fully saturated rings. The summed E-state index contributed by atoms with van der Waals surface area (Å²) in [5, 5.41) is 14.1. The molecule has 0 saturated heterocycles. The summed E-state index contributed by atoms with van der Waals surface area (Å²) in [6.07, 6.45) is 5.30. The van der Waals surface area contributed by atoms with E-state index in [0.29, 0.717) is 23.8 Å². The Labute approximate surface area is 184 Å². The molecule has 1 unspecified atom stereocenters. The highest BCUT2D eigenvalue weighted by atomic mass is 35.5. The van der Waals surface area contributed by atoms with Crippen LogP contribution in [0.5, 0.6) is 0 Å². The number of halogens is 1. The standard InChI is InChI=1S/C22H30ClN3O3S/c23-19-6-4-5-18(15-19)22(27)16-24-14-13-17-9-11-21(12-10-17)26-30(28,29)25-20-7-2-1-3-8-20/h4-6,9-12,15,20,22,24-27H,1-3,7-8,13-14,16H2. The van der Waals surface area contributed by atoms with Gasteiger partial charge in [0, 0.05) is 23.3 Å². The van der Waals surface area contributed by atoms with Crippen molar-refractivity contribution in [2.24, 2.45) is 0 Å². The Balaban J connectivity index is 1.40. The lowest BCUT2D eigenvalue weighted by Gasteiger charge is -2.22. The first-order valence-electron chi connectivity index (χ1n) is 10.4. The first-order valence-corrected chi connectivity index (χ1v) is 12.3. The number of hydrogen-bond acceptors (Lipinski definition) is 4. The average molecular weight is 452 g/mol. The van der Waals surface area contributed by atoms with Crippen molar-refractivity contribution < 1.29 is 13.5 Å². The van der Waals surface area contributed by atoms with Crippen molar-refractivity contribution in [2.45, 2.75) is 50.7 Å². The van der Waals surface area contributed by atoms with Gasteiger partial charge < -0.3 is 10.4 Å². The monoisotopic (exact) mass is 451 g/mol. The van der Waals surface area contributed by atoms with Gasteiger partial charge >= 0.3 is 0 Å². The molecule has 0 heterocycles. The number of aliphatic hydroxyl groups is 1. The van der Waals surface area contributed by atoms with E-state index in [4.69, 9.17) is 11.6 Å². The number of anilines is 1. The van der Waals surface area contributed by atoms with Crippen molar-refractivity contribution >= 4 is 27.5 Å². The van der Waals surface area contributed by atoms with Gasteiger partial charge in [-0.3, -0.25) is 4.72 Å². The summed E-state index contributed by atoms with van der Waals surface area (Å²) in [7, 11) is -3.56. The Bertz CT molecular complexity index is 900. The smallest absolute Gasteiger partial charge is 0.299 e. The largest absolute Gasteiger partial charge is 0.387 e. The summed E-state index contributed by atoms with van der Waals surface area (Å²) in [6, 6.07) is 14.6. The lowest BCUT2D eigenvalue weighted by atomic mass is 9.96. The third-order valence-corrected chi connectivity index (χ3v) is 6.68. The summed E-state index contributed by atoms with van der Waals surface area (Å²) >= 11 is 5.95. The molecule has 0 aliphatic heterocycles. The third kappa shape index (κ3) is 7.56. The first kappa shape index (κ1) is 23.0. The van der Waals surface area contributed by atoms with Gasteiger partial charge in [0.05, 0.1) is 6.10 Å². The van der Waals surface area contributed by atoms with Crippen LogP contribution in [-0.4, -0.2) is 32.7 Å². The quantitative estimate of drug-likeness (QED) is 0.414. The molecule has 6 nitrogen and oxygen atoms in total. The number of benzene rings is 2. The van der Waals surface area contributed by atoms with Crippen LogP contribution in [0.4, 0.5) is 5.69 Å².